The number of rotatable bonds is 13. The zero-order valence-electron chi connectivity index (χ0n) is 20.1. The summed E-state index contributed by atoms with van der Waals surface area (Å²) < 4.78 is 26.0. The van der Waals surface area contributed by atoms with Crippen LogP contribution in [-0.2, 0) is 33.6 Å². The Hall–Kier alpha value is -4.31. The molecule has 3 rings (SSSR count). The quantitative estimate of drug-likeness (QED) is 0.234. The second-order valence-electron chi connectivity index (χ2n) is 8.85. The fourth-order valence-corrected chi connectivity index (χ4v) is 3.86. The molecule has 0 N–H and O–H groups in total. The SMILES string of the molecule is N#Cc1cc(CC(=O)CC(=O)CCc2ccc(F)cc2)cc(C(=O)CC(=O)CCc2ccc(F)cc2)c1. The Bertz CT molecular complexity index is 1340. The van der Waals surface area contributed by atoms with Gasteiger partial charge in [0.05, 0.1) is 24.5 Å². The van der Waals surface area contributed by atoms with Crippen molar-refractivity contribution >= 4 is 23.1 Å². The Morgan fingerprint density at radius 3 is 1.68 bits per heavy atom. The van der Waals surface area contributed by atoms with Gasteiger partial charge in [-0.3, -0.25) is 19.2 Å². The van der Waals surface area contributed by atoms with Crippen LogP contribution in [0.4, 0.5) is 8.78 Å². The fourth-order valence-electron chi connectivity index (χ4n) is 3.86. The first-order valence-corrected chi connectivity index (χ1v) is 11.8. The van der Waals surface area contributed by atoms with Gasteiger partial charge in [-0.2, -0.15) is 5.26 Å². The summed E-state index contributed by atoms with van der Waals surface area (Å²) in [6.07, 6.45) is 0.245. The number of ketones is 4. The van der Waals surface area contributed by atoms with E-state index in [1.807, 2.05) is 6.07 Å². The highest BCUT2D eigenvalue weighted by molar-refractivity contribution is 6.08. The van der Waals surface area contributed by atoms with E-state index >= 15 is 0 Å². The molecule has 0 aliphatic rings. The molecule has 0 saturated carbocycles. The molecule has 0 aliphatic heterocycles. The minimum Gasteiger partial charge on any atom is -0.299 e. The van der Waals surface area contributed by atoms with Gasteiger partial charge in [-0.05, 0) is 72.0 Å². The molecule has 3 aromatic carbocycles. The van der Waals surface area contributed by atoms with Crippen molar-refractivity contribution in [3.8, 4) is 6.07 Å². The zero-order chi connectivity index (χ0) is 26.8. The molecule has 0 bridgehead atoms. The molecule has 7 heteroatoms. The number of carbonyl (C=O) groups is 4. The first-order valence-electron chi connectivity index (χ1n) is 11.8. The Labute approximate surface area is 213 Å². The van der Waals surface area contributed by atoms with Crippen molar-refractivity contribution < 1.29 is 28.0 Å². The number of nitrogens with zero attached hydrogens (tertiary/aromatic N) is 1. The molecule has 0 spiro atoms. The van der Waals surface area contributed by atoms with Crippen LogP contribution >= 0.6 is 0 Å². The maximum atomic E-state index is 13.0. The molecule has 5 nitrogen and oxygen atoms in total. The topological polar surface area (TPSA) is 92.1 Å². The number of hydrogen-bond acceptors (Lipinski definition) is 5. The number of carbonyl (C=O) groups excluding carboxylic acids is 4. The van der Waals surface area contributed by atoms with Crippen molar-refractivity contribution in [1.82, 2.24) is 0 Å². The van der Waals surface area contributed by atoms with Crippen molar-refractivity contribution in [2.45, 2.75) is 44.9 Å². The summed E-state index contributed by atoms with van der Waals surface area (Å²) in [4.78, 5) is 49.7. The summed E-state index contributed by atoms with van der Waals surface area (Å²) in [5.41, 5.74) is 2.31. The van der Waals surface area contributed by atoms with Gasteiger partial charge in [-0.25, -0.2) is 8.78 Å². The first kappa shape index (κ1) is 27.3. The molecule has 188 valence electrons. The van der Waals surface area contributed by atoms with Crippen LogP contribution in [0.25, 0.3) is 0 Å². The largest absolute Gasteiger partial charge is 0.299 e. The highest BCUT2D eigenvalue weighted by Crippen LogP contribution is 2.16. The van der Waals surface area contributed by atoms with E-state index in [2.05, 4.69) is 0 Å². The van der Waals surface area contributed by atoms with E-state index in [0.29, 0.717) is 18.4 Å². The van der Waals surface area contributed by atoms with Gasteiger partial charge < -0.3 is 0 Å². The number of Topliss-reactive ketones (excluding diaryl/α,β-unsaturated/α-hetero) is 4. The molecule has 0 heterocycles. The van der Waals surface area contributed by atoms with E-state index in [1.54, 1.807) is 24.3 Å². The molecular formula is C30H25F2NO4. The average Bonchev–Trinajstić information content (AvgIpc) is 2.87. The van der Waals surface area contributed by atoms with Gasteiger partial charge in [0.1, 0.15) is 29.0 Å². The van der Waals surface area contributed by atoms with Gasteiger partial charge in [0.25, 0.3) is 0 Å². The second kappa shape index (κ2) is 13.1. The predicted molar refractivity (Wildman–Crippen MR) is 133 cm³/mol. The average molecular weight is 502 g/mol. The van der Waals surface area contributed by atoms with Crippen molar-refractivity contribution in [3.05, 3.63) is 106 Å². The molecule has 0 radical (unpaired) electrons. The number of nitriles is 1. The number of halogens is 2. The smallest absolute Gasteiger partial charge is 0.170 e. The van der Waals surface area contributed by atoms with Gasteiger partial charge in [0.15, 0.2) is 5.78 Å². The molecule has 37 heavy (non-hydrogen) atoms. The Morgan fingerprint density at radius 1 is 0.649 bits per heavy atom. The van der Waals surface area contributed by atoms with Crippen molar-refractivity contribution in [1.29, 1.82) is 5.26 Å². The van der Waals surface area contributed by atoms with Crippen LogP contribution < -0.4 is 0 Å². The van der Waals surface area contributed by atoms with Crippen LogP contribution in [0, 0.1) is 23.0 Å². The van der Waals surface area contributed by atoms with E-state index in [4.69, 9.17) is 0 Å². The van der Waals surface area contributed by atoms with Crippen LogP contribution in [0.2, 0.25) is 0 Å². The lowest BCUT2D eigenvalue weighted by molar-refractivity contribution is -0.126. The third-order valence-electron chi connectivity index (χ3n) is 5.81. The van der Waals surface area contributed by atoms with Crippen LogP contribution in [-0.4, -0.2) is 23.1 Å². The van der Waals surface area contributed by atoms with E-state index in [0.717, 1.165) is 11.1 Å². The van der Waals surface area contributed by atoms with Crippen LogP contribution in [0.3, 0.4) is 0 Å². The van der Waals surface area contributed by atoms with Crippen LogP contribution in [0.1, 0.15) is 58.3 Å². The first-order chi connectivity index (χ1) is 17.7. The van der Waals surface area contributed by atoms with Crippen molar-refractivity contribution in [2.24, 2.45) is 0 Å². The Balaban J connectivity index is 1.54. The minimum absolute atomic E-state index is 0.112. The summed E-state index contributed by atoms with van der Waals surface area (Å²) in [6, 6.07) is 17.8. The number of hydrogen-bond donors (Lipinski definition) is 0. The van der Waals surface area contributed by atoms with Crippen LogP contribution in [0.15, 0.2) is 66.7 Å². The summed E-state index contributed by atoms with van der Waals surface area (Å²) in [5, 5.41) is 9.34. The molecule has 0 atom stereocenters. The fraction of sp³-hybridized carbons (Fsp3) is 0.233. The Morgan fingerprint density at radius 2 is 1.16 bits per heavy atom. The van der Waals surface area contributed by atoms with Gasteiger partial charge in [-0.15, -0.1) is 0 Å². The molecule has 3 aromatic rings. The molecule has 0 saturated heterocycles. The number of benzene rings is 3. The van der Waals surface area contributed by atoms with E-state index in [-0.39, 0.29) is 72.2 Å². The maximum absolute atomic E-state index is 13.0. The van der Waals surface area contributed by atoms with Crippen molar-refractivity contribution in [2.75, 3.05) is 0 Å². The lowest BCUT2D eigenvalue weighted by Crippen LogP contribution is -2.13. The van der Waals surface area contributed by atoms with Gasteiger partial charge >= 0.3 is 0 Å². The molecule has 0 fully saturated rings. The molecule has 0 amide bonds. The van der Waals surface area contributed by atoms with E-state index < -0.39 is 5.78 Å². The lowest BCUT2D eigenvalue weighted by Gasteiger charge is -2.07. The zero-order valence-corrected chi connectivity index (χ0v) is 20.1. The van der Waals surface area contributed by atoms with Crippen LogP contribution in [0.5, 0.6) is 0 Å². The summed E-state index contributed by atoms with van der Waals surface area (Å²) in [5.74, 6) is -2.10. The third-order valence-corrected chi connectivity index (χ3v) is 5.81. The molecular weight excluding hydrogens is 476 g/mol. The lowest BCUT2D eigenvalue weighted by atomic mass is 9.95. The highest BCUT2D eigenvalue weighted by Gasteiger charge is 2.16. The standard InChI is InChI=1S/C30H25F2NO4/c31-25-7-1-20(2-8-25)5-11-27(34)17-29(36)16-22-13-23(19-33)15-24(14-22)30(37)18-28(35)12-6-21-3-9-26(32)10-4-21/h1-4,7-10,13-15H,5-6,11-12,16-18H2. The van der Waals surface area contributed by atoms with Gasteiger partial charge in [-0.1, -0.05) is 24.3 Å². The predicted octanol–water partition coefficient (Wildman–Crippen LogP) is 5.31. The summed E-state index contributed by atoms with van der Waals surface area (Å²) in [7, 11) is 0. The maximum Gasteiger partial charge on any atom is 0.170 e. The van der Waals surface area contributed by atoms with Gasteiger partial charge in [0, 0.05) is 24.8 Å². The van der Waals surface area contributed by atoms with Crippen molar-refractivity contribution in [3.63, 3.8) is 0 Å². The molecule has 0 aliphatic carbocycles. The summed E-state index contributed by atoms with van der Waals surface area (Å²) >= 11 is 0. The normalized spacial score (nSPS) is 10.5. The Kier molecular flexibility index (Phi) is 9.68. The second-order valence-corrected chi connectivity index (χ2v) is 8.85. The highest BCUT2D eigenvalue weighted by atomic mass is 19.1. The van der Waals surface area contributed by atoms with E-state index in [1.165, 1.54) is 42.5 Å². The number of aryl methyl sites for hydroxylation is 2. The monoisotopic (exact) mass is 501 g/mol. The third kappa shape index (κ3) is 9.01. The molecule has 0 aromatic heterocycles. The summed E-state index contributed by atoms with van der Waals surface area (Å²) in [6.45, 7) is 0. The van der Waals surface area contributed by atoms with Gasteiger partial charge in [0.2, 0.25) is 0 Å². The van der Waals surface area contributed by atoms with E-state index in [9.17, 15) is 33.2 Å². The minimum atomic E-state index is -0.467. The molecule has 0 unspecified atom stereocenters.